The van der Waals surface area contributed by atoms with Crippen molar-refractivity contribution in [2.45, 2.75) is 51.6 Å². The first-order valence-corrected chi connectivity index (χ1v) is 6.26. The fourth-order valence-electron chi connectivity index (χ4n) is 2.13. The van der Waals surface area contributed by atoms with Crippen molar-refractivity contribution in [1.82, 2.24) is 20.1 Å². The normalized spacial score (nSPS) is 18.0. The minimum atomic E-state index is 0.399. The summed E-state index contributed by atoms with van der Waals surface area (Å²) in [6.45, 7) is 4.29. The van der Waals surface area contributed by atoms with Crippen LogP contribution in [0.25, 0.3) is 0 Å². The summed E-state index contributed by atoms with van der Waals surface area (Å²) in [6.07, 6.45) is 6.76. The van der Waals surface area contributed by atoms with Gasteiger partial charge in [0, 0.05) is 18.5 Å². The van der Waals surface area contributed by atoms with E-state index >= 15 is 0 Å². The zero-order chi connectivity index (χ0) is 11.5. The van der Waals surface area contributed by atoms with Crippen LogP contribution in [-0.2, 0) is 6.42 Å². The molecular formula is C12H22N4. The van der Waals surface area contributed by atoms with Crippen LogP contribution in [0.5, 0.6) is 0 Å². The number of aromatic nitrogens is 3. The molecule has 1 heterocycles. The highest BCUT2D eigenvalue weighted by Crippen LogP contribution is 2.33. The van der Waals surface area contributed by atoms with Crippen LogP contribution in [0.2, 0.25) is 0 Å². The standard InChI is InChI=1S/C12H22N4/c1-9(2)16-12(14-8-15-16)7-11(13-3)6-10-4-5-10/h8-11,13H,4-7H2,1-3H3. The van der Waals surface area contributed by atoms with Crippen LogP contribution >= 0.6 is 0 Å². The summed E-state index contributed by atoms with van der Waals surface area (Å²) in [5.41, 5.74) is 0. The largest absolute Gasteiger partial charge is 0.317 e. The van der Waals surface area contributed by atoms with Crippen molar-refractivity contribution in [2.24, 2.45) is 5.92 Å². The Morgan fingerprint density at radius 3 is 2.81 bits per heavy atom. The number of nitrogens with zero attached hydrogens (tertiary/aromatic N) is 3. The van der Waals surface area contributed by atoms with Gasteiger partial charge in [0.1, 0.15) is 12.2 Å². The van der Waals surface area contributed by atoms with E-state index in [4.69, 9.17) is 0 Å². The van der Waals surface area contributed by atoms with Gasteiger partial charge in [0.25, 0.3) is 0 Å². The number of rotatable bonds is 6. The van der Waals surface area contributed by atoms with Gasteiger partial charge in [-0.1, -0.05) is 12.8 Å². The Kier molecular flexibility index (Phi) is 3.59. The van der Waals surface area contributed by atoms with Gasteiger partial charge in [0.15, 0.2) is 0 Å². The van der Waals surface area contributed by atoms with Crippen LogP contribution in [0, 0.1) is 5.92 Å². The van der Waals surface area contributed by atoms with E-state index in [-0.39, 0.29) is 0 Å². The first-order valence-electron chi connectivity index (χ1n) is 6.26. The lowest BCUT2D eigenvalue weighted by molar-refractivity contribution is 0.444. The first kappa shape index (κ1) is 11.6. The molecule has 1 N–H and O–H groups in total. The lowest BCUT2D eigenvalue weighted by Gasteiger charge is -2.16. The summed E-state index contributed by atoms with van der Waals surface area (Å²) in [7, 11) is 2.04. The van der Waals surface area contributed by atoms with E-state index in [0.29, 0.717) is 12.1 Å². The topological polar surface area (TPSA) is 42.7 Å². The molecule has 0 spiro atoms. The Hall–Kier alpha value is -0.900. The Labute approximate surface area is 97.5 Å². The summed E-state index contributed by atoms with van der Waals surface area (Å²) in [5.74, 6) is 2.06. The van der Waals surface area contributed by atoms with Crippen LogP contribution in [0.3, 0.4) is 0 Å². The molecule has 90 valence electrons. The SMILES string of the molecule is CNC(Cc1ncnn1C(C)C)CC1CC1. The zero-order valence-corrected chi connectivity index (χ0v) is 10.5. The Morgan fingerprint density at radius 1 is 1.50 bits per heavy atom. The Bertz CT molecular complexity index is 328. The smallest absolute Gasteiger partial charge is 0.138 e. The van der Waals surface area contributed by atoms with E-state index in [1.54, 1.807) is 6.33 Å². The minimum absolute atomic E-state index is 0.399. The third kappa shape index (κ3) is 2.82. The van der Waals surface area contributed by atoms with E-state index < -0.39 is 0 Å². The van der Waals surface area contributed by atoms with Gasteiger partial charge in [-0.05, 0) is 33.2 Å². The van der Waals surface area contributed by atoms with Gasteiger partial charge >= 0.3 is 0 Å². The Morgan fingerprint density at radius 2 is 2.25 bits per heavy atom. The summed E-state index contributed by atoms with van der Waals surface area (Å²) >= 11 is 0. The second-order valence-corrected chi connectivity index (χ2v) is 5.08. The average Bonchev–Trinajstić information content (AvgIpc) is 2.93. The van der Waals surface area contributed by atoms with Crippen molar-refractivity contribution in [2.75, 3.05) is 7.05 Å². The summed E-state index contributed by atoms with van der Waals surface area (Å²) in [6, 6.07) is 0.949. The fourth-order valence-corrected chi connectivity index (χ4v) is 2.13. The summed E-state index contributed by atoms with van der Waals surface area (Å²) < 4.78 is 2.03. The second kappa shape index (κ2) is 4.95. The third-order valence-electron chi connectivity index (χ3n) is 3.29. The van der Waals surface area contributed by atoms with Gasteiger partial charge in [-0.15, -0.1) is 0 Å². The molecule has 0 aliphatic heterocycles. The van der Waals surface area contributed by atoms with E-state index in [1.165, 1.54) is 19.3 Å². The number of hydrogen-bond acceptors (Lipinski definition) is 3. The van der Waals surface area contributed by atoms with E-state index in [2.05, 4.69) is 29.2 Å². The molecule has 0 radical (unpaired) electrons. The molecule has 0 amide bonds. The van der Waals surface area contributed by atoms with Crippen LogP contribution in [0.4, 0.5) is 0 Å². The monoisotopic (exact) mass is 222 g/mol. The molecule has 0 bridgehead atoms. The van der Waals surface area contributed by atoms with E-state index in [0.717, 1.165) is 18.2 Å². The zero-order valence-electron chi connectivity index (χ0n) is 10.5. The van der Waals surface area contributed by atoms with Crippen LogP contribution < -0.4 is 5.32 Å². The van der Waals surface area contributed by atoms with Crippen LogP contribution in [0.1, 0.15) is 45.0 Å². The number of likely N-dealkylation sites (N-methyl/N-ethyl adjacent to an activating group) is 1. The third-order valence-corrected chi connectivity index (χ3v) is 3.29. The van der Waals surface area contributed by atoms with Crippen molar-refractivity contribution in [3.63, 3.8) is 0 Å². The lowest BCUT2D eigenvalue weighted by Crippen LogP contribution is -2.29. The summed E-state index contributed by atoms with van der Waals surface area (Å²) in [5, 5.41) is 7.67. The second-order valence-electron chi connectivity index (χ2n) is 5.08. The molecule has 1 unspecified atom stereocenters. The number of nitrogens with one attached hydrogen (secondary N) is 1. The molecule has 1 aromatic heterocycles. The van der Waals surface area contributed by atoms with Crippen molar-refractivity contribution in [1.29, 1.82) is 0 Å². The molecule has 16 heavy (non-hydrogen) atoms. The Balaban J connectivity index is 1.97. The van der Waals surface area contributed by atoms with Gasteiger partial charge < -0.3 is 5.32 Å². The molecule has 0 aromatic carbocycles. The predicted molar refractivity (Wildman–Crippen MR) is 64.3 cm³/mol. The molecule has 1 aromatic rings. The van der Waals surface area contributed by atoms with Crippen LogP contribution in [0.15, 0.2) is 6.33 Å². The molecule has 1 aliphatic carbocycles. The quantitative estimate of drug-likeness (QED) is 0.798. The lowest BCUT2D eigenvalue weighted by atomic mass is 10.1. The predicted octanol–water partition coefficient (Wildman–Crippen LogP) is 1.79. The van der Waals surface area contributed by atoms with Crippen molar-refractivity contribution < 1.29 is 0 Å². The average molecular weight is 222 g/mol. The molecule has 1 fully saturated rings. The van der Waals surface area contributed by atoms with Gasteiger partial charge in [-0.25, -0.2) is 9.67 Å². The van der Waals surface area contributed by atoms with Crippen molar-refractivity contribution in [3.8, 4) is 0 Å². The summed E-state index contributed by atoms with van der Waals surface area (Å²) in [4.78, 5) is 4.36. The highest BCUT2D eigenvalue weighted by Gasteiger charge is 2.25. The number of hydrogen-bond donors (Lipinski definition) is 1. The van der Waals surface area contributed by atoms with Gasteiger partial charge in [0.2, 0.25) is 0 Å². The van der Waals surface area contributed by atoms with Crippen molar-refractivity contribution >= 4 is 0 Å². The molecule has 4 nitrogen and oxygen atoms in total. The fraction of sp³-hybridized carbons (Fsp3) is 0.833. The maximum absolute atomic E-state index is 4.36. The molecule has 1 aliphatic rings. The van der Waals surface area contributed by atoms with Crippen molar-refractivity contribution in [3.05, 3.63) is 12.2 Å². The van der Waals surface area contributed by atoms with E-state index in [9.17, 15) is 0 Å². The molecule has 0 saturated heterocycles. The highest BCUT2D eigenvalue weighted by molar-refractivity contribution is 4.93. The van der Waals surface area contributed by atoms with Crippen LogP contribution in [-0.4, -0.2) is 27.9 Å². The maximum Gasteiger partial charge on any atom is 0.138 e. The molecule has 2 rings (SSSR count). The molecule has 1 atom stereocenters. The van der Waals surface area contributed by atoms with Gasteiger partial charge in [0.05, 0.1) is 0 Å². The highest BCUT2D eigenvalue weighted by atomic mass is 15.3. The first-order chi connectivity index (χ1) is 7.70. The molecule has 4 heteroatoms. The van der Waals surface area contributed by atoms with Gasteiger partial charge in [-0.3, -0.25) is 0 Å². The minimum Gasteiger partial charge on any atom is -0.317 e. The molecule has 1 saturated carbocycles. The molecular weight excluding hydrogens is 200 g/mol. The van der Waals surface area contributed by atoms with Gasteiger partial charge in [-0.2, -0.15) is 5.10 Å². The maximum atomic E-state index is 4.36. The van der Waals surface area contributed by atoms with E-state index in [1.807, 2.05) is 11.7 Å².